The highest BCUT2D eigenvalue weighted by Crippen LogP contribution is 2.40. The van der Waals surface area contributed by atoms with Gasteiger partial charge in [0.05, 0.1) is 11.9 Å². The van der Waals surface area contributed by atoms with Crippen LogP contribution in [0.5, 0.6) is 0 Å². The number of rotatable bonds is 4. The molecule has 0 saturated heterocycles. The van der Waals surface area contributed by atoms with Gasteiger partial charge in [0.15, 0.2) is 0 Å². The van der Waals surface area contributed by atoms with Crippen molar-refractivity contribution >= 4 is 11.7 Å². The molecule has 4 rings (SSSR count). The Morgan fingerprint density at radius 2 is 1.92 bits per heavy atom. The van der Waals surface area contributed by atoms with Gasteiger partial charge in [-0.3, -0.25) is 4.79 Å². The molecular weight excluding hydrogens is 326 g/mol. The Hall–Kier alpha value is -3.59. The van der Waals surface area contributed by atoms with Crippen LogP contribution in [0.2, 0.25) is 0 Å². The van der Waals surface area contributed by atoms with Crippen molar-refractivity contribution in [2.45, 2.75) is 18.4 Å². The van der Waals surface area contributed by atoms with Crippen molar-refractivity contribution in [2.24, 2.45) is 0 Å². The van der Waals surface area contributed by atoms with Crippen LogP contribution in [-0.4, -0.2) is 21.7 Å². The number of carbonyl (C=O) groups excluding carboxylic acids is 1. The maximum Gasteiger partial charge on any atom is 0.251 e. The minimum absolute atomic E-state index is 0.0915. The van der Waals surface area contributed by atoms with Crippen molar-refractivity contribution in [3.63, 3.8) is 0 Å². The molecule has 0 spiro atoms. The Kier molecular flexibility index (Phi) is 3.90. The lowest BCUT2D eigenvalue weighted by Gasteiger charge is -2.07. The van der Waals surface area contributed by atoms with Crippen molar-refractivity contribution in [1.82, 2.24) is 15.1 Å². The van der Waals surface area contributed by atoms with E-state index in [0.717, 1.165) is 6.42 Å². The predicted molar refractivity (Wildman–Crippen MR) is 97.7 cm³/mol. The third-order valence-corrected chi connectivity index (χ3v) is 4.64. The number of anilines is 1. The fourth-order valence-corrected chi connectivity index (χ4v) is 3.08. The zero-order valence-electron chi connectivity index (χ0n) is 14.0. The summed E-state index contributed by atoms with van der Waals surface area (Å²) in [5.74, 6) is 0.590. The molecule has 1 aliphatic carbocycles. The van der Waals surface area contributed by atoms with Gasteiger partial charge in [0, 0.05) is 17.5 Å². The third-order valence-electron chi connectivity index (χ3n) is 4.64. The zero-order valence-corrected chi connectivity index (χ0v) is 14.0. The van der Waals surface area contributed by atoms with Crippen molar-refractivity contribution < 1.29 is 4.79 Å². The van der Waals surface area contributed by atoms with E-state index in [0.29, 0.717) is 22.7 Å². The molecule has 1 fully saturated rings. The van der Waals surface area contributed by atoms with Crippen LogP contribution in [0.4, 0.5) is 5.82 Å². The number of hydrogen-bond donors (Lipinski definition) is 2. The average Bonchev–Trinajstić information content (AvgIpc) is 3.35. The minimum atomic E-state index is -0.0915. The number of nitrogens with one attached hydrogen (secondary N) is 1. The fraction of sp³-hybridized carbons (Fsp3) is 0.150. The van der Waals surface area contributed by atoms with Gasteiger partial charge in [-0.1, -0.05) is 30.3 Å². The smallest absolute Gasteiger partial charge is 0.251 e. The van der Waals surface area contributed by atoms with E-state index in [9.17, 15) is 4.79 Å². The predicted octanol–water partition coefficient (Wildman–Crippen LogP) is 2.61. The standard InChI is InChI=1S/C20H17N5O/c21-11-15-12-23-25(19(15)22)16-8-6-14(7-9-16)20(26)24-18-10-17(18)13-4-2-1-3-5-13/h1-9,12,17-18H,10,22H2,(H,24,26). The Balaban J connectivity index is 1.43. The van der Waals surface area contributed by atoms with Crippen molar-refractivity contribution in [2.75, 3.05) is 5.73 Å². The van der Waals surface area contributed by atoms with Crippen LogP contribution in [0.3, 0.4) is 0 Å². The lowest BCUT2D eigenvalue weighted by Crippen LogP contribution is -2.26. The molecule has 1 saturated carbocycles. The second kappa shape index (κ2) is 6.37. The van der Waals surface area contributed by atoms with Crippen molar-refractivity contribution in [3.05, 3.63) is 77.5 Å². The fourth-order valence-electron chi connectivity index (χ4n) is 3.08. The molecule has 6 nitrogen and oxygen atoms in total. The maximum atomic E-state index is 12.4. The van der Waals surface area contributed by atoms with E-state index in [4.69, 9.17) is 11.0 Å². The van der Waals surface area contributed by atoms with Crippen LogP contribution in [0.15, 0.2) is 60.8 Å². The summed E-state index contributed by atoms with van der Waals surface area (Å²) in [6.07, 6.45) is 2.39. The van der Waals surface area contributed by atoms with Gasteiger partial charge in [0.25, 0.3) is 5.91 Å². The molecule has 2 aromatic carbocycles. The third kappa shape index (κ3) is 2.91. The zero-order chi connectivity index (χ0) is 18.1. The van der Waals surface area contributed by atoms with E-state index in [1.54, 1.807) is 24.3 Å². The van der Waals surface area contributed by atoms with E-state index >= 15 is 0 Å². The Bertz CT molecular complexity index is 985. The number of benzene rings is 2. The van der Waals surface area contributed by atoms with Crippen LogP contribution in [0.1, 0.15) is 33.8 Å². The van der Waals surface area contributed by atoms with E-state index < -0.39 is 0 Å². The Morgan fingerprint density at radius 1 is 1.19 bits per heavy atom. The van der Waals surface area contributed by atoms with E-state index in [1.165, 1.54) is 16.4 Å². The Labute approximate surface area is 150 Å². The first kappa shape index (κ1) is 15.9. The summed E-state index contributed by atoms with van der Waals surface area (Å²) in [6.45, 7) is 0. The molecule has 0 radical (unpaired) electrons. The molecule has 26 heavy (non-hydrogen) atoms. The highest BCUT2D eigenvalue weighted by molar-refractivity contribution is 5.94. The highest BCUT2D eigenvalue weighted by atomic mass is 16.1. The van der Waals surface area contributed by atoms with Crippen molar-refractivity contribution in [3.8, 4) is 11.8 Å². The monoisotopic (exact) mass is 343 g/mol. The number of nitriles is 1. The first-order valence-electron chi connectivity index (χ1n) is 8.37. The second-order valence-electron chi connectivity index (χ2n) is 6.35. The average molecular weight is 343 g/mol. The first-order valence-corrected chi connectivity index (χ1v) is 8.37. The molecule has 128 valence electrons. The van der Waals surface area contributed by atoms with Crippen LogP contribution < -0.4 is 11.1 Å². The summed E-state index contributed by atoms with van der Waals surface area (Å²) in [6, 6.07) is 19.4. The molecule has 3 N–H and O–H groups in total. The molecule has 1 aliphatic rings. The quantitative estimate of drug-likeness (QED) is 0.761. The molecule has 0 bridgehead atoms. The van der Waals surface area contributed by atoms with Crippen molar-refractivity contribution in [1.29, 1.82) is 5.26 Å². The Morgan fingerprint density at radius 3 is 2.58 bits per heavy atom. The van der Waals surface area contributed by atoms with Crippen LogP contribution in [0, 0.1) is 11.3 Å². The molecular formula is C20H17N5O. The summed E-state index contributed by atoms with van der Waals surface area (Å²) in [7, 11) is 0. The molecule has 6 heteroatoms. The maximum absolute atomic E-state index is 12.4. The van der Waals surface area contributed by atoms with Gasteiger partial charge < -0.3 is 11.1 Å². The summed E-state index contributed by atoms with van der Waals surface area (Å²) in [5.41, 5.74) is 8.76. The number of amides is 1. The van der Waals surface area contributed by atoms with E-state index in [1.807, 2.05) is 24.3 Å². The van der Waals surface area contributed by atoms with Gasteiger partial charge in [0.1, 0.15) is 17.5 Å². The van der Waals surface area contributed by atoms with Crippen LogP contribution in [-0.2, 0) is 0 Å². The minimum Gasteiger partial charge on any atom is -0.382 e. The van der Waals surface area contributed by atoms with Crippen LogP contribution in [0.25, 0.3) is 5.69 Å². The number of carbonyl (C=O) groups is 1. The number of nitrogens with zero attached hydrogens (tertiary/aromatic N) is 3. The van der Waals surface area contributed by atoms with E-state index in [-0.39, 0.29) is 17.8 Å². The molecule has 0 aliphatic heterocycles. The van der Waals surface area contributed by atoms with Gasteiger partial charge in [-0.05, 0) is 36.2 Å². The molecule has 1 amide bonds. The molecule has 1 heterocycles. The number of hydrogen-bond acceptors (Lipinski definition) is 4. The van der Waals surface area contributed by atoms with Gasteiger partial charge in [-0.25, -0.2) is 4.68 Å². The first-order chi connectivity index (χ1) is 12.7. The summed E-state index contributed by atoms with van der Waals surface area (Å²) in [4.78, 5) is 12.4. The second-order valence-corrected chi connectivity index (χ2v) is 6.35. The summed E-state index contributed by atoms with van der Waals surface area (Å²) in [5, 5.41) is 16.1. The van der Waals surface area contributed by atoms with Gasteiger partial charge in [-0.15, -0.1) is 0 Å². The molecule has 2 atom stereocenters. The lowest BCUT2D eigenvalue weighted by molar-refractivity contribution is 0.0950. The number of aromatic nitrogens is 2. The van der Waals surface area contributed by atoms with Gasteiger partial charge >= 0.3 is 0 Å². The summed E-state index contributed by atoms with van der Waals surface area (Å²) < 4.78 is 1.48. The molecule has 1 aromatic heterocycles. The van der Waals surface area contributed by atoms with Gasteiger partial charge in [-0.2, -0.15) is 10.4 Å². The highest BCUT2D eigenvalue weighted by Gasteiger charge is 2.39. The molecule has 3 aromatic rings. The largest absolute Gasteiger partial charge is 0.382 e. The van der Waals surface area contributed by atoms with Crippen LogP contribution >= 0.6 is 0 Å². The molecule has 2 unspecified atom stereocenters. The number of nitrogen functional groups attached to an aromatic ring is 1. The lowest BCUT2D eigenvalue weighted by atomic mass is 10.1. The van der Waals surface area contributed by atoms with Gasteiger partial charge in [0.2, 0.25) is 0 Å². The summed E-state index contributed by atoms with van der Waals surface area (Å²) >= 11 is 0. The SMILES string of the molecule is N#Cc1cnn(-c2ccc(C(=O)NC3CC3c3ccccc3)cc2)c1N. The normalized spacial score (nSPS) is 18.1. The number of nitrogens with two attached hydrogens (primary N) is 1. The van der Waals surface area contributed by atoms with E-state index in [2.05, 4.69) is 22.5 Å². The topological polar surface area (TPSA) is 96.7 Å².